The Morgan fingerprint density at radius 1 is 0.837 bits per heavy atom. The van der Waals surface area contributed by atoms with Crippen molar-refractivity contribution in [3.63, 3.8) is 0 Å². The first-order chi connectivity index (χ1) is 21.1. The molecular formula is C35H43ClN4O2S. The molecule has 8 heteroatoms. The van der Waals surface area contributed by atoms with E-state index in [4.69, 9.17) is 16.3 Å². The molecule has 2 heterocycles. The average Bonchev–Trinajstić information content (AvgIpc) is 3.06. The van der Waals surface area contributed by atoms with Crippen molar-refractivity contribution in [3.05, 3.63) is 83.4 Å². The Morgan fingerprint density at radius 2 is 1.51 bits per heavy atom. The maximum atomic E-state index is 13.9. The number of amides is 1. The van der Waals surface area contributed by atoms with Gasteiger partial charge in [-0.15, -0.1) is 0 Å². The van der Waals surface area contributed by atoms with Gasteiger partial charge in [-0.1, -0.05) is 67.3 Å². The fourth-order valence-corrected chi connectivity index (χ4v) is 7.49. The Labute approximate surface area is 265 Å². The minimum absolute atomic E-state index is 0.188. The number of hydrogen-bond acceptors (Lipinski definition) is 6. The molecule has 2 saturated heterocycles. The van der Waals surface area contributed by atoms with Gasteiger partial charge in [0.15, 0.2) is 0 Å². The summed E-state index contributed by atoms with van der Waals surface area (Å²) in [6.07, 6.45) is 6.61. The Morgan fingerprint density at radius 3 is 2.21 bits per heavy atom. The summed E-state index contributed by atoms with van der Waals surface area (Å²) in [5.74, 6) is 1.87. The predicted octanol–water partition coefficient (Wildman–Crippen LogP) is 6.59. The van der Waals surface area contributed by atoms with E-state index in [0.717, 1.165) is 80.2 Å². The highest BCUT2D eigenvalue weighted by Crippen LogP contribution is 2.31. The fraction of sp³-hybridized carbons (Fsp3) is 0.457. The summed E-state index contributed by atoms with van der Waals surface area (Å²) in [5, 5.41) is 4.13. The molecule has 3 fully saturated rings. The van der Waals surface area contributed by atoms with Crippen molar-refractivity contribution < 1.29 is 9.53 Å². The zero-order valence-corrected chi connectivity index (χ0v) is 26.5. The third-order valence-corrected chi connectivity index (χ3v) is 10.3. The summed E-state index contributed by atoms with van der Waals surface area (Å²) in [5.41, 5.74) is 3.60. The molecule has 43 heavy (non-hydrogen) atoms. The van der Waals surface area contributed by atoms with Gasteiger partial charge in [0.1, 0.15) is 11.8 Å². The summed E-state index contributed by atoms with van der Waals surface area (Å²) in [6.45, 7) is 7.37. The molecule has 228 valence electrons. The second-order valence-corrected chi connectivity index (χ2v) is 13.6. The van der Waals surface area contributed by atoms with Gasteiger partial charge in [0.05, 0.1) is 6.61 Å². The Balaban J connectivity index is 1.09. The Kier molecular flexibility index (Phi) is 10.6. The minimum Gasteiger partial charge on any atom is -0.493 e. The molecule has 1 unspecified atom stereocenters. The van der Waals surface area contributed by atoms with Crippen LogP contribution in [0.15, 0.2) is 77.7 Å². The van der Waals surface area contributed by atoms with Crippen LogP contribution in [-0.2, 0) is 11.3 Å². The zero-order valence-electron chi connectivity index (χ0n) is 24.9. The topological polar surface area (TPSA) is 48.1 Å². The van der Waals surface area contributed by atoms with E-state index in [1.165, 1.54) is 43.2 Å². The van der Waals surface area contributed by atoms with Crippen molar-refractivity contribution in [2.75, 3.05) is 52.4 Å². The van der Waals surface area contributed by atoms with Crippen LogP contribution >= 0.6 is 23.5 Å². The van der Waals surface area contributed by atoms with Crippen LogP contribution in [-0.4, -0.2) is 78.5 Å². The van der Waals surface area contributed by atoms with Gasteiger partial charge in [0, 0.05) is 62.3 Å². The molecule has 1 amide bonds. The van der Waals surface area contributed by atoms with Crippen molar-refractivity contribution in [1.82, 2.24) is 19.4 Å². The van der Waals surface area contributed by atoms with E-state index in [1.807, 2.05) is 17.0 Å². The number of benzene rings is 3. The van der Waals surface area contributed by atoms with Crippen molar-refractivity contribution in [1.29, 1.82) is 0 Å². The van der Waals surface area contributed by atoms with Gasteiger partial charge in [-0.3, -0.25) is 9.69 Å². The lowest BCUT2D eigenvalue weighted by Gasteiger charge is -2.42. The zero-order chi connectivity index (χ0) is 29.4. The number of halogens is 1. The fourth-order valence-electron chi connectivity index (χ4n) is 6.38. The van der Waals surface area contributed by atoms with E-state index in [0.29, 0.717) is 5.92 Å². The summed E-state index contributed by atoms with van der Waals surface area (Å²) >= 11 is 7.78. The highest BCUT2D eigenvalue weighted by molar-refractivity contribution is 7.97. The lowest BCUT2D eigenvalue weighted by atomic mass is 9.90. The summed E-state index contributed by atoms with van der Waals surface area (Å²) in [6, 6.07) is 25.0. The third kappa shape index (κ3) is 8.34. The van der Waals surface area contributed by atoms with Gasteiger partial charge in [-0.2, -0.15) is 0 Å². The number of rotatable bonds is 9. The summed E-state index contributed by atoms with van der Waals surface area (Å²) in [7, 11) is 0. The lowest BCUT2D eigenvalue weighted by molar-refractivity contribution is -0.137. The third-order valence-electron chi connectivity index (χ3n) is 8.92. The number of piperazine rings is 2. The lowest BCUT2D eigenvalue weighted by Crippen LogP contribution is -2.59. The van der Waals surface area contributed by atoms with Crippen LogP contribution in [0, 0.1) is 5.92 Å². The molecule has 3 aromatic carbocycles. The van der Waals surface area contributed by atoms with E-state index < -0.39 is 0 Å². The SMILES string of the molecule is O=C(C1CN(Cc2ccc(-c3ccc(Cl)cc3)cc2)CCN1Sc1ccc(OCC2CCCCC2)cc1)N1CCNCC1. The summed E-state index contributed by atoms with van der Waals surface area (Å²) < 4.78 is 8.44. The predicted molar refractivity (Wildman–Crippen MR) is 176 cm³/mol. The smallest absolute Gasteiger partial charge is 0.242 e. The molecule has 0 radical (unpaired) electrons. The summed E-state index contributed by atoms with van der Waals surface area (Å²) in [4.78, 5) is 19.5. The number of carbonyl (C=O) groups is 1. The van der Waals surface area contributed by atoms with Gasteiger partial charge in [0.25, 0.3) is 0 Å². The second kappa shape index (κ2) is 15.0. The van der Waals surface area contributed by atoms with E-state index in [1.54, 1.807) is 11.9 Å². The van der Waals surface area contributed by atoms with Crippen molar-refractivity contribution in [3.8, 4) is 16.9 Å². The minimum atomic E-state index is -0.188. The van der Waals surface area contributed by atoms with Crippen LogP contribution in [0.2, 0.25) is 5.02 Å². The van der Waals surface area contributed by atoms with Gasteiger partial charge in [-0.25, -0.2) is 4.31 Å². The van der Waals surface area contributed by atoms with Gasteiger partial charge in [-0.05, 0) is 83.8 Å². The Bertz CT molecular complexity index is 1310. The van der Waals surface area contributed by atoms with Crippen molar-refractivity contribution in [2.24, 2.45) is 5.92 Å². The molecular weight excluding hydrogens is 576 g/mol. The quantitative estimate of drug-likeness (QED) is 0.273. The molecule has 1 atom stereocenters. The molecule has 1 N–H and O–H groups in total. The van der Waals surface area contributed by atoms with Crippen LogP contribution in [0.3, 0.4) is 0 Å². The van der Waals surface area contributed by atoms with E-state index in [9.17, 15) is 4.79 Å². The molecule has 3 aromatic rings. The normalized spacial score (nSPS) is 20.7. The molecule has 0 aromatic heterocycles. The number of nitrogens with zero attached hydrogens (tertiary/aromatic N) is 3. The number of nitrogens with one attached hydrogen (secondary N) is 1. The van der Waals surface area contributed by atoms with Gasteiger partial charge < -0.3 is 15.0 Å². The standard InChI is InChI=1S/C35H43ClN4O2S/c36-31-12-10-30(11-13-31)29-8-6-27(7-9-29)24-38-22-23-40(34(25-38)35(41)39-20-18-37-19-21-39)43-33-16-14-32(15-17-33)42-26-28-4-2-1-3-5-28/h6-17,28,34,37H,1-5,18-26H2. The maximum Gasteiger partial charge on any atom is 0.242 e. The molecule has 1 saturated carbocycles. The largest absolute Gasteiger partial charge is 0.493 e. The highest BCUT2D eigenvalue weighted by Gasteiger charge is 2.36. The maximum absolute atomic E-state index is 13.9. The number of carbonyl (C=O) groups excluding carboxylic acids is 1. The average molecular weight is 619 g/mol. The first-order valence-electron chi connectivity index (χ1n) is 15.8. The van der Waals surface area contributed by atoms with Gasteiger partial charge >= 0.3 is 0 Å². The molecule has 0 spiro atoms. The highest BCUT2D eigenvalue weighted by atomic mass is 35.5. The van der Waals surface area contributed by atoms with Crippen LogP contribution < -0.4 is 10.1 Å². The van der Waals surface area contributed by atoms with E-state index >= 15 is 0 Å². The van der Waals surface area contributed by atoms with E-state index in [-0.39, 0.29) is 11.9 Å². The number of hydrogen-bond donors (Lipinski definition) is 1. The van der Waals surface area contributed by atoms with Crippen LogP contribution in [0.1, 0.15) is 37.7 Å². The molecule has 6 rings (SSSR count). The Hall–Kier alpha value is -2.55. The molecule has 1 aliphatic carbocycles. The van der Waals surface area contributed by atoms with Crippen molar-refractivity contribution >= 4 is 29.5 Å². The molecule has 0 bridgehead atoms. The molecule has 3 aliphatic rings. The molecule has 6 nitrogen and oxygen atoms in total. The van der Waals surface area contributed by atoms with Crippen LogP contribution in [0.4, 0.5) is 0 Å². The van der Waals surface area contributed by atoms with Crippen molar-refractivity contribution in [2.45, 2.75) is 49.6 Å². The van der Waals surface area contributed by atoms with Gasteiger partial charge in [0.2, 0.25) is 5.91 Å². The number of ether oxygens (including phenoxy) is 1. The van der Waals surface area contributed by atoms with Crippen LogP contribution in [0.25, 0.3) is 11.1 Å². The first-order valence-corrected chi connectivity index (χ1v) is 17.0. The van der Waals surface area contributed by atoms with E-state index in [2.05, 4.69) is 75.2 Å². The first kappa shape index (κ1) is 30.5. The van der Waals surface area contributed by atoms with Crippen LogP contribution in [0.5, 0.6) is 5.75 Å². The monoisotopic (exact) mass is 618 g/mol. The second-order valence-electron chi connectivity index (χ2n) is 12.0. The molecule has 2 aliphatic heterocycles.